The highest BCUT2D eigenvalue weighted by molar-refractivity contribution is 5.83. The topological polar surface area (TPSA) is 92.8 Å². The number of ether oxygens (including phenoxy) is 1. The maximum absolute atomic E-state index is 12.1. The number of rotatable bonds is 5. The minimum absolute atomic E-state index is 0.151. The molecule has 0 saturated heterocycles. The Kier molecular flexibility index (Phi) is 4.86. The van der Waals surface area contributed by atoms with Gasteiger partial charge < -0.3 is 20.7 Å². The third-order valence-electron chi connectivity index (χ3n) is 3.99. The third-order valence-corrected chi connectivity index (χ3v) is 3.99. The lowest BCUT2D eigenvalue weighted by molar-refractivity contribution is -0.146. The predicted octanol–water partition coefficient (Wildman–Crippen LogP) is 2.86. The van der Waals surface area contributed by atoms with Gasteiger partial charge in [-0.3, -0.25) is 4.79 Å². The molecule has 0 bridgehead atoms. The maximum Gasteiger partial charge on any atom is 0.323 e. The zero-order valence-electron chi connectivity index (χ0n) is 13.6. The number of phenolic OH excluding ortho intramolecular Hbond substituents is 2. The smallest absolute Gasteiger partial charge is 0.323 e. The molecular formula is C20H19NO4. The molecule has 1 atom stereocenters. The van der Waals surface area contributed by atoms with Crippen LogP contribution in [0.4, 0.5) is 0 Å². The molecule has 128 valence electrons. The third kappa shape index (κ3) is 4.08. The van der Waals surface area contributed by atoms with Crippen LogP contribution in [0.3, 0.4) is 0 Å². The van der Waals surface area contributed by atoms with Crippen LogP contribution in [0.15, 0.2) is 60.7 Å². The van der Waals surface area contributed by atoms with Crippen LogP contribution in [0.5, 0.6) is 11.5 Å². The van der Waals surface area contributed by atoms with Crippen molar-refractivity contribution < 1.29 is 19.7 Å². The fourth-order valence-electron chi connectivity index (χ4n) is 2.62. The van der Waals surface area contributed by atoms with Gasteiger partial charge in [0.2, 0.25) is 0 Å². The Hall–Kier alpha value is -3.05. The first-order valence-electron chi connectivity index (χ1n) is 7.93. The van der Waals surface area contributed by atoms with E-state index in [1.165, 1.54) is 12.1 Å². The van der Waals surface area contributed by atoms with Crippen molar-refractivity contribution in [3.05, 3.63) is 71.8 Å². The van der Waals surface area contributed by atoms with Crippen molar-refractivity contribution in [2.75, 3.05) is 0 Å². The second-order valence-electron chi connectivity index (χ2n) is 5.92. The van der Waals surface area contributed by atoms with Gasteiger partial charge in [0, 0.05) is 0 Å². The first kappa shape index (κ1) is 16.8. The summed E-state index contributed by atoms with van der Waals surface area (Å²) in [6.45, 7) is 0.151. The highest BCUT2D eigenvalue weighted by Crippen LogP contribution is 2.25. The van der Waals surface area contributed by atoms with Gasteiger partial charge in [-0.25, -0.2) is 0 Å². The van der Waals surface area contributed by atoms with E-state index >= 15 is 0 Å². The molecule has 3 aromatic carbocycles. The Morgan fingerprint density at radius 3 is 2.40 bits per heavy atom. The summed E-state index contributed by atoms with van der Waals surface area (Å²) in [4.78, 5) is 12.1. The minimum atomic E-state index is -0.843. The lowest BCUT2D eigenvalue weighted by Gasteiger charge is -2.12. The number of carbonyl (C=O) groups excluding carboxylic acids is 1. The quantitative estimate of drug-likeness (QED) is 0.492. The van der Waals surface area contributed by atoms with Gasteiger partial charge in [0.25, 0.3) is 0 Å². The molecule has 0 fully saturated rings. The Morgan fingerprint density at radius 2 is 1.64 bits per heavy atom. The molecule has 0 aliphatic rings. The van der Waals surface area contributed by atoms with Crippen molar-refractivity contribution >= 4 is 16.7 Å². The average molecular weight is 337 g/mol. The lowest BCUT2D eigenvalue weighted by Crippen LogP contribution is -2.34. The van der Waals surface area contributed by atoms with Crippen LogP contribution < -0.4 is 5.73 Å². The van der Waals surface area contributed by atoms with Crippen LogP contribution in [0.1, 0.15) is 11.1 Å². The van der Waals surface area contributed by atoms with E-state index in [-0.39, 0.29) is 24.5 Å². The van der Waals surface area contributed by atoms with E-state index in [9.17, 15) is 15.0 Å². The first-order chi connectivity index (χ1) is 12.0. The molecule has 0 aliphatic carbocycles. The number of nitrogens with two attached hydrogens (primary N) is 1. The molecule has 1 unspecified atom stereocenters. The molecule has 4 N–H and O–H groups in total. The van der Waals surface area contributed by atoms with E-state index in [0.717, 1.165) is 16.3 Å². The summed E-state index contributed by atoms with van der Waals surface area (Å²) in [5.41, 5.74) is 7.41. The molecule has 0 saturated carbocycles. The highest BCUT2D eigenvalue weighted by atomic mass is 16.5. The van der Waals surface area contributed by atoms with Crippen molar-refractivity contribution in [1.29, 1.82) is 0 Å². The van der Waals surface area contributed by atoms with Gasteiger partial charge in [-0.15, -0.1) is 0 Å². The Balaban J connectivity index is 1.59. The molecule has 3 aromatic rings. The van der Waals surface area contributed by atoms with Crippen molar-refractivity contribution in [1.82, 2.24) is 0 Å². The highest BCUT2D eigenvalue weighted by Gasteiger charge is 2.16. The Morgan fingerprint density at radius 1 is 0.920 bits per heavy atom. The molecule has 0 amide bonds. The standard InChI is InChI=1S/C20H19NO4/c21-17(10-13-6-8-18(22)19(23)11-13)20(24)25-12-14-5-7-15-3-1-2-4-16(15)9-14/h1-9,11,17,22-23H,10,12,21H2. The van der Waals surface area contributed by atoms with E-state index < -0.39 is 12.0 Å². The summed E-state index contributed by atoms with van der Waals surface area (Å²) >= 11 is 0. The molecule has 0 radical (unpaired) electrons. The molecule has 5 heteroatoms. The number of benzene rings is 3. The van der Waals surface area contributed by atoms with E-state index in [0.29, 0.717) is 5.56 Å². The SMILES string of the molecule is NC(Cc1ccc(O)c(O)c1)C(=O)OCc1ccc2ccccc2c1. The summed E-state index contributed by atoms with van der Waals surface area (Å²) < 4.78 is 5.29. The molecule has 3 rings (SSSR count). The predicted molar refractivity (Wildman–Crippen MR) is 95.2 cm³/mol. The van der Waals surface area contributed by atoms with Crippen molar-refractivity contribution in [3.8, 4) is 11.5 Å². The number of fused-ring (bicyclic) bond motifs is 1. The summed E-state index contributed by atoms with van der Waals surface area (Å²) in [6.07, 6.45) is 0.213. The zero-order chi connectivity index (χ0) is 17.8. The number of phenols is 2. The molecule has 0 aliphatic heterocycles. The van der Waals surface area contributed by atoms with Gasteiger partial charge in [-0.05, 0) is 46.5 Å². The van der Waals surface area contributed by atoms with Crippen LogP contribution in [0.2, 0.25) is 0 Å². The summed E-state index contributed by atoms with van der Waals surface area (Å²) in [5.74, 6) is -0.967. The van der Waals surface area contributed by atoms with Gasteiger partial charge in [0.05, 0.1) is 0 Å². The fraction of sp³-hybridized carbons (Fsp3) is 0.150. The van der Waals surface area contributed by atoms with Crippen LogP contribution in [-0.4, -0.2) is 22.2 Å². The normalized spacial score (nSPS) is 12.0. The molecule has 0 heterocycles. The molecular weight excluding hydrogens is 318 g/mol. The number of hydrogen-bond acceptors (Lipinski definition) is 5. The van der Waals surface area contributed by atoms with Crippen LogP contribution in [0.25, 0.3) is 10.8 Å². The largest absolute Gasteiger partial charge is 0.504 e. The van der Waals surface area contributed by atoms with Crippen molar-refractivity contribution in [2.24, 2.45) is 5.73 Å². The summed E-state index contributed by atoms with van der Waals surface area (Å²) in [5, 5.41) is 21.0. The second-order valence-corrected chi connectivity index (χ2v) is 5.92. The lowest BCUT2D eigenvalue weighted by atomic mass is 10.1. The summed E-state index contributed by atoms with van der Waals surface area (Å²) in [7, 11) is 0. The van der Waals surface area contributed by atoms with Crippen molar-refractivity contribution in [2.45, 2.75) is 19.1 Å². The van der Waals surface area contributed by atoms with E-state index in [4.69, 9.17) is 10.5 Å². The average Bonchev–Trinajstić information content (AvgIpc) is 2.62. The van der Waals surface area contributed by atoms with Gasteiger partial charge in [0.1, 0.15) is 12.6 Å². The number of hydrogen-bond donors (Lipinski definition) is 3. The summed E-state index contributed by atoms with van der Waals surface area (Å²) in [6, 6.07) is 17.3. The number of aromatic hydroxyl groups is 2. The first-order valence-corrected chi connectivity index (χ1v) is 7.93. The minimum Gasteiger partial charge on any atom is -0.504 e. The van der Waals surface area contributed by atoms with Gasteiger partial charge in [-0.1, -0.05) is 42.5 Å². The van der Waals surface area contributed by atoms with E-state index in [2.05, 4.69) is 0 Å². The van der Waals surface area contributed by atoms with Crippen LogP contribution in [0, 0.1) is 0 Å². The molecule has 0 spiro atoms. The van der Waals surface area contributed by atoms with Gasteiger partial charge in [-0.2, -0.15) is 0 Å². The number of esters is 1. The van der Waals surface area contributed by atoms with Gasteiger partial charge >= 0.3 is 5.97 Å². The number of carbonyl (C=O) groups is 1. The second kappa shape index (κ2) is 7.23. The fourth-order valence-corrected chi connectivity index (χ4v) is 2.62. The monoisotopic (exact) mass is 337 g/mol. The molecule has 25 heavy (non-hydrogen) atoms. The van der Waals surface area contributed by atoms with Crippen LogP contribution in [-0.2, 0) is 22.6 Å². The van der Waals surface area contributed by atoms with E-state index in [1.54, 1.807) is 6.07 Å². The molecule has 0 aromatic heterocycles. The molecule has 5 nitrogen and oxygen atoms in total. The van der Waals surface area contributed by atoms with Crippen LogP contribution >= 0.6 is 0 Å². The van der Waals surface area contributed by atoms with Crippen molar-refractivity contribution in [3.63, 3.8) is 0 Å². The van der Waals surface area contributed by atoms with Gasteiger partial charge in [0.15, 0.2) is 11.5 Å². The zero-order valence-corrected chi connectivity index (χ0v) is 13.6. The Labute approximate surface area is 145 Å². The Bertz CT molecular complexity index is 907. The van der Waals surface area contributed by atoms with E-state index in [1.807, 2.05) is 42.5 Å². The maximum atomic E-state index is 12.1.